The molecule has 0 spiro atoms. The summed E-state index contributed by atoms with van der Waals surface area (Å²) in [6, 6.07) is 14.1. The van der Waals surface area contributed by atoms with E-state index in [-0.39, 0.29) is 36.7 Å². The first kappa shape index (κ1) is 28.5. The molecule has 0 fully saturated rings. The van der Waals surface area contributed by atoms with Gasteiger partial charge in [0.25, 0.3) is 0 Å². The standard InChI is InChI=1S/C29H42N2O4/c1-18(2)22(31-28(34)29(5,6)7)16-23(32)25(26(30)21-14-9-8-10-15-21)24(33)17-35-27-19(3)12-11-13-20(27)4/h8-15,18,22-23,25-26,32H,16-17,30H2,1-7H3,(H,31,34)/t22-,23-,25-,26?/m0/s1. The van der Waals surface area contributed by atoms with Crippen molar-refractivity contribution in [2.75, 3.05) is 6.61 Å². The summed E-state index contributed by atoms with van der Waals surface area (Å²) < 4.78 is 5.92. The number of nitrogens with two attached hydrogens (primary N) is 1. The Morgan fingerprint density at radius 2 is 1.57 bits per heavy atom. The van der Waals surface area contributed by atoms with Crippen LogP contribution in [0, 0.1) is 31.1 Å². The number of ketones is 1. The topological polar surface area (TPSA) is 102 Å². The minimum atomic E-state index is -1.06. The highest BCUT2D eigenvalue weighted by atomic mass is 16.5. The molecule has 0 bridgehead atoms. The number of amides is 1. The Hall–Kier alpha value is -2.70. The molecule has 0 aliphatic heterocycles. The Kier molecular flexibility index (Phi) is 10.0. The second kappa shape index (κ2) is 12.3. The number of aliphatic hydroxyl groups is 1. The Morgan fingerprint density at radius 1 is 1.00 bits per heavy atom. The molecule has 1 amide bonds. The van der Waals surface area contributed by atoms with Gasteiger partial charge in [-0.15, -0.1) is 0 Å². The first-order valence-electron chi connectivity index (χ1n) is 12.3. The fourth-order valence-corrected chi connectivity index (χ4v) is 4.09. The number of aryl methyl sites for hydroxylation is 2. The van der Waals surface area contributed by atoms with Gasteiger partial charge in [0, 0.05) is 17.5 Å². The number of carbonyl (C=O) groups excluding carboxylic acids is 2. The van der Waals surface area contributed by atoms with Crippen molar-refractivity contribution in [3.63, 3.8) is 0 Å². The van der Waals surface area contributed by atoms with Crippen molar-refractivity contribution in [1.29, 1.82) is 0 Å². The Balaban J connectivity index is 2.28. The molecule has 0 aliphatic carbocycles. The number of nitrogens with one attached hydrogen (secondary N) is 1. The van der Waals surface area contributed by atoms with Gasteiger partial charge >= 0.3 is 0 Å². The van der Waals surface area contributed by atoms with Gasteiger partial charge in [-0.25, -0.2) is 0 Å². The van der Waals surface area contributed by atoms with Gasteiger partial charge in [0.1, 0.15) is 12.4 Å². The van der Waals surface area contributed by atoms with Crippen molar-refractivity contribution in [2.45, 2.75) is 73.1 Å². The number of hydrogen-bond donors (Lipinski definition) is 3. The van der Waals surface area contributed by atoms with Crippen LogP contribution >= 0.6 is 0 Å². The van der Waals surface area contributed by atoms with Crippen molar-refractivity contribution < 1.29 is 19.4 Å². The molecular formula is C29H42N2O4. The quantitative estimate of drug-likeness (QED) is 0.438. The third kappa shape index (κ3) is 7.91. The van der Waals surface area contributed by atoms with Crippen LogP contribution in [0.4, 0.5) is 0 Å². The number of benzene rings is 2. The lowest BCUT2D eigenvalue weighted by molar-refractivity contribution is -0.131. The van der Waals surface area contributed by atoms with E-state index in [9.17, 15) is 14.7 Å². The number of Topliss-reactive ketones (excluding diaryl/α,β-unsaturated/α-hetero) is 1. The maximum absolute atomic E-state index is 13.5. The lowest BCUT2D eigenvalue weighted by Crippen LogP contribution is -2.48. The molecule has 0 radical (unpaired) electrons. The number of rotatable bonds is 11. The Morgan fingerprint density at radius 3 is 2.09 bits per heavy atom. The number of hydrogen-bond acceptors (Lipinski definition) is 5. The zero-order valence-electron chi connectivity index (χ0n) is 22.2. The smallest absolute Gasteiger partial charge is 0.225 e. The SMILES string of the molecule is Cc1cccc(C)c1OCC(=O)[C@@H](C(N)c1ccccc1)[C@@H](O)C[C@H](NC(=O)C(C)(C)C)C(C)C. The number of ether oxygens (including phenoxy) is 1. The van der Waals surface area contributed by atoms with Crippen LogP contribution in [0.5, 0.6) is 5.75 Å². The van der Waals surface area contributed by atoms with Gasteiger partial charge in [-0.2, -0.15) is 0 Å². The van der Waals surface area contributed by atoms with Gasteiger partial charge in [-0.1, -0.05) is 83.1 Å². The predicted octanol–water partition coefficient (Wildman–Crippen LogP) is 4.51. The highest BCUT2D eigenvalue weighted by Gasteiger charge is 2.36. The van der Waals surface area contributed by atoms with Gasteiger partial charge in [-0.05, 0) is 42.9 Å². The van der Waals surface area contributed by atoms with Crippen molar-refractivity contribution >= 4 is 11.7 Å². The second-order valence-electron chi connectivity index (χ2n) is 10.8. The van der Waals surface area contributed by atoms with Crippen LogP contribution in [0.3, 0.4) is 0 Å². The third-order valence-electron chi connectivity index (χ3n) is 6.42. The van der Waals surface area contributed by atoms with E-state index < -0.39 is 23.5 Å². The Bertz CT molecular complexity index is 962. The molecule has 0 saturated carbocycles. The molecule has 1 unspecified atom stereocenters. The highest BCUT2D eigenvalue weighted by molar-refractivity contribution is 5.84. The van der Waals surface area contributed by atoms with Gasteiger partial charge in [0.05, 0.1) is 12.0 Å². The van der Waals surface area contributed by atoms with Gasteiger partial charge in [0.15, 0.2) is 5.78 Å². The maximum Gasteiger partial charge on any atom is 0.225 e. The summed E-state index contributed by atoms with van der Waals surface area (Å²) in [5.74, 6) is -0.543. The van der Waals surface area contributed by atoms with E-state index in [1.807, 2.05) is 97.0 Å². The average molecular weight is 483 g/mol. The summed E-state index contributed by atoms with van der Waals surface area (Å²) in [5.41, 5.74) is 8.64. The molecule has 35 heavy (non-hydrogen) atoms. The normalized spacial score (nSPS) is 15.3. The van der Waals surface area contributed by atoms with Gasteiger partial charge in [0.2, 0.25) is 5.91 Å². The van der Waals surface area contributed by atoms with Crippen molar-refractivity contribution in [1.82, 2.24) is 5.32 Å². The number of carbonyl (C=O) groups is 2. The first-order valence-corrected chi connectivity index (χ1v) is 12.3. The van der Waals surface area contributed by atoms with E-state index in [1.165, 1.54) is 0 Å². The molecule has 0 aromatic heterocycles. The number of aliphatic hydroxyl groups excluding tert-OH is 1. The second-order valence-corrected chi connectivity index (χ2v) is 10.8. The molecule has 2 rings (SSSR count). The number of para-hydroxylation sites is 1. The van der Waals surface area contributed by atoms with Crippen LogP contribution in [0.15, 0.2) is 48.5 Å². The zero-order valence-corrected chi connectivity index (χ0v) is 22.2. The van der Waals surface area contributed by atoms with E-state index in [4.69, 9.17) is 10.5 Å². The third-order valence-corrected chi connectivity index (χ3v) is 6.42. The first-order chi connectivity index (χ1) is 16.3. The molecule has 0 aliphatic rings. The fraction of sp³-hybridized carbons (Fsp3) is 0.517. The Labute approximate surface area is 210 Å². The van der Waals surface area contributed by atoms with Crippen LogP contribution in [0.2, 0.25) is 0 Å². The van der Waals surface area contributed by atoms with Crippen molar-refractivity contribution in [2.24, 2.45) is 23.0 Å². The van der Waals surface area contributed by atoms with E-state index >= 15 is 0 Å². The van der Waals surface area contributed by atoms with Crippen LogP contribution in [0.25, 0.3) is 0 Å². The molecule has 4 atom stereocenters. The predicted molar refractivity (Wildman–Crippen MR) is 140 cm³/mol. The maximum atomic E-state index is 13.5. The van der Waals surface area contributed by atoms with Crippen molar-refractivity contribution in [3.05, 3.63) is 65.2 Å². The summed E-state index contributed by atoms with van der Waals surface area (Å²) in [4.78, 5) is 26.1. The molecule has 0 saturated heterocycles. The lowest BCUT2D eigenvalue weighted by atomic mass is 9.81. The average Bonchev–Trinajstić information content (AvgIpc) is 2.78. The van der Waals surface area contributed by atoms with Gasteiger partial charge < -0.3 is 20.9 Å². The van der Waals surface area contributed by atoms with Crippen LogP contribution < -0.4 is 15.8 Å². The summed E-state index contributed by atoms with van der Waals surface area (Å²) in [5, 5.41) is 14.4. The molecular weight excluding hydrogens is 440 g/mol. The minimum absolute atomic E-state index is 0.0607. The highest BCUT2D eigenvalue weighted by Crippen LogP contribution is 2.29. The van der Waals surface area contributed by atoms with E-state index in [0.717, 1.165) is 16.7 Å². The molecule has 2 aromatic carbocycles. The molecule has 0 heterocycles. The van der Waals surface area contributed by atoms with E-state index in [0.29, 0.717) is 5.75 Å². The van der Waals surface area contributed by atoms with E-state index in [1.54, 1.807) is 0 Å². The fourth-order valence-electron chi connectivity index (χ4n) is 4.09. The molecule has 192 valence electrons. The molecule has 6 heteroatoms. The summed E-state index contributed by atoms with van der Waals surface area (Å²) in [6.07, 6.45) is -0.855. The monoisotopic (exact) mass is 482 g/mol. The summed E-state index contributed by atoms with van der Waals surface area (Å²) >= 11 is 0. The molecule has 4 N–H and O–H groups in total. The van der Waals surface area contributed by atoms with Crippen LogP contribution in [-0.2, 0) is 9.59 Å². The minimum Gasteiger partial charge on any atom is -0.485 e. The lowest BCUT2D eigenvalue weighted by Gasteiger charge is -2.33. The van der Waals surface area contributed by atoms with E-state index in [2.05, 4.69) is 5.32 Å². The molecule has 2 aromatic rings. The largest absolute Gasteiger partial charge is 0.485 e. The summed E-state index contributed by atoms with van der Waals surface area (Å²) in [7, 11) is 0. The van der Waals surface area contributed by atoms with Crippen LogP contribution in [-0.4, -0.2) is 35.5 Å². The summed E-state index contributed by atoms with van der Waals surface area (Å²) in [6.45, 7) is 13.2. The molecule has 6 nitrogen and oxygen atoms in total. The van der Waals surface area contributed by atoms with Crippen molar-refractivity contribution in [3.8, 4) is 5.75 Å². The van der Waals surface area contributed by atoms with Gasteiger partial charge in [-0.3, -0.25) is 9.59 Å². The van der Waals surface area contributed by atoms with Crippen LogP contribution in [0.1, 0.15) is 63.8 Å². The zero-order chi connectivity index (χ0) is 26.3.